The number of amides is 2. The molecule has 0 saturated carbocycles. The summed E-state index contributed by atoms with van der Waals surface area (Å²) >= 11 is 0. The number of carbonyl (C=O) groups excluding carboxylic acids is 2. The largest absolute Gasteiger partial charge is 0.393 e. The highest BCUT2D eigenvalue weighted by molar-refractivity contribution is 5.85. The quantitative estimate of drug-likeness (QED) is 0.538. The van der Waals surface area contributed by atoms with E-state index in [1.54, 1.807) is 0 Å². The van der Waals surface area contributed by atoms with Gasteiger partial charge in [-0.1, -0.05) is 0 Å². The van der Waals surface area contributed by atoms with Crippen molar-refractivity contribution in [2.75, 3.05) is 7.05 Å². The van der Waals surface area contributed by atoms with Crippen LogP contribution in [-0.4, -0.2) is 35.5 Å². The number of hydrogen-bond donors (Lipinski definition) is 1. The molecule has 10 heavy (non-hydrogen) atoms. The van der Waals surface area contributed by atoms with Crippen molar-refractivity contribution in [2.24, 2.45) is 0 Å². The SMILES string of the molecule is CC(O)CC(=O)N(C)C=O. The first-order valence-electron chi connectivity index (χ1n) is 2.97. The molecule has 0 aliphatic rings. The van der Waals surface area contributed by atoms with E-state index in [-0.39, 0.29) is 12.3 Å². The second-order valence-electron chi connectivity index (χ2n) is 2.16. The predicted octanol–water partition coefficient (Wildman–Crippen LogP) is -0.628. The van der Waals surface area contributed by atoms with Gasteiger partial charge < -0.3 is 5.11 Å². The highest BCUT2D eigenvalue weighted by Crippen LogP contribution is 1.92. The Kier molecular flexibility index (Phi) is 3.64. The minimum atomic E-state index is -0.685. The molecule has 0 aliphatic carbocycles. The van der Waals surface area contributed by atoms with E-state index in [0.29, 0.717) is 6.41 Å². The molecule has 58 valence electrons. The minimum Gasteiger partial charge on any atom is -0.393 e. The van der Waals surface area contributed by atoms with Crippen molar-refractivity contribution in [2.45, 2.75) is 19.4 Å². The summed E-state index contributed by atoms with van der Waals surface area (Å²) in [5, 5.41) is 8.70. The number of hydrogen-bond acceptors (Lipinski definition) is 3. The third-order valence-electron chi connectivity index (χ3n) is 1.02. The van der Waals surface area contributed by atoms with Crippen molar-refractivity contribution in [1.82, 2.24) is 4.90 Å². The smallest absolute Gasteiger partial charge is 0.231 e. The number of rotatable bonds is 3. The maximum absolute atomic E-state index is 10.7. The van der Waals surface area contributed by atoms with Gasteiger partial charge in [-0.3, -0.25) is 14.5 Å². The summed E-state index contributed by atoms with van der Waals surface area (Å²) in [5.74, 6) is -0.370. The van der Waals surface area contributed by atoms with Crippen molar-refractivity contribution in [3.63, 3.8) is 0 Å². The third kappa shape index (κ3) is 3.19. The van der Waals surface area contributed by atoms with Crippen LogP contribution in [0.3, 0.4) is 0 Å². The second kappa shape index (κ2) is 4.00. The lowest BCUT2D eigenvalue weighted by Gasteiger charge is -2.08. The third-order valence-corrected chi connectivity index (χ3v) is 1.02. The van der Waals surface area contributed by atoms with Crippen LogP contribution in [-0.2, 0) is 9.59 Å². The molecule has 1 atom stereocenters. The Morgan fingerprint density at radius 2 is 2.30 bits per heavy atom. The van der Waals surface area contributed by atoms with Crippen LogP contribution in [0.1, 0.15) is 13.3 Å². The Balaban J connectivity index is 3.73. The van der Waals surface area contributed by atoms with E-state index in [4.69, 9.17) is 5.11 Å². The summed E-state index contributed by atoms with van der Waals surface area (Å²) < 4.78 is 0. The van der Waals surface area contributed by atoms with E-state index in [2.05, 4.69) is 0 Å². The molecule has 0 heterocycles. The summed E-state index contributed by atoms with van der Waals surface area (Å²) in [6.07, 6.45) is -0.269. The lowest BCUT2D eigenvalue weighted by Crippen LogP contribution is -2.27. The zero-order chi connectivity index (χ0) is 8.15. The molecule has 0 rings (SSSR count). The van der Waals surface area contributed by atoms with E-state index < -0.39 is 6.10 Å². The van der Waals surface area contributed by atoms with Crippen molar-refractivity contribution in [3.05, 3.63) is 0 Å². The zero-order valence-electron chi connectivity index (χ0n) is 6.07. The van der Waals surface area contributed by atoms with Crippen LogP contribution < -0.4 is 0 Å². The van der Waals surface area contributed by atoms with Gasteiger partial charge in [-0.25, -0.2) is 0 Å². The van der Waals surface area contributed by atoms with Crippen LogP contribution in [0.25, 0.3) is 0 Å². The Labute approximate surface area is 59.4 Å². The van der Waals surface area contributed by atoms with Crippen molar-refractivity contribution >= 4 is 12.3 Å². The van der Waals surface area contributed by atoms with Crippen molar-refractivity contribution < 1.29 is 14.7 Å². The van der Waals surface area contributed by atoms with Gasteiger partial charge in [0.2, 0.25) is 12.3 Å². The molecule has 0 aromatic carbocycles. The average molecular weight is 145 g/mol. The molecule has 0 aromatic heterocycles. The van der Waals surface area contributed by atoms with Gasteiger partial charge in [0.15, 0.2) is 0 Å². The summed E-state index contributed by atoms with van der Waals surface area (Å²) in [6, 6.07) is 0. The Morgan fingerprint density at radius 1 is 1.80 bits per heavy atom. The molecule has 0 aromatic rings. The molecule has 0 saturated heterocycles. The molecule has 2 amide bonds. The molecule has 4 nitrogen and oxygen atoms in total. The van der Waals surface area contributed by atoms with Gasteiger partial charge in [0.05, 0.1) is 12.5 Å². The maximum atomic E-state index is 10.7. The van der Waals surface area contributed by atoms with Gasteiger partial charge >= 0.3 is 0 Å². The fourth-order valence-corrected chi connectivity index (χ4v) is 0.455. The Hall–Kier alpha value is -0.900. The topological polar surface area (TPSA) is 57.6 Å². The molecule has 0 radical (unpaired) electrons. The van der Waals surface area contributed by atoms with Crippen molar-refractivity contribution in [1.29, 1.82) is 0 Å². The second-order valence-corrected chi connectivity index (χ2v) is 2.16. The van der Waals surface area contributed by atoms with Gasteiger partial charge in [-0.05, 0) is 6.92 Å². The van der Waals surface area contributed by atoms with Gasteiger partial charge in [0.1, 0.15) is 0 Å². The molecule has 0 spiro atoms. The standard InChI is InChI=1S/C6H11NO3/c1-5(9)3-6(10)7(2)4-8/h4-5,9H,3H2,1-2H3. The van der Waals surface area contributed by atoms with Crippen LogP contribution in [0.5, 0.6) is 0 Å². The van der Waals surface area contributed by atoms with Gasteiger partial charge in [0.25, 0.3) is 0 Å². The lowest BCUT2D eigenvalue weighted by atomic mass is 10.3. The molecule has 4 heteroatoms. The molecule has 0 aliphatic heterocycles. The Morgan fingerprint density at radius 3 is 2.60 bits per heavy atom. The molecule has 1 unspecified atom stereocenters. The number of carbonyl (C=O) groups is 2. The molecular weight excluding hydrogens is 134 g/mol. The van der Waals surface area contributed by atoms with Crippen molar-refractivity contribution in [3.8, 4) is 0 Å². The lowest BCUT2D eigenvalue weighted by molar-refractivity contribution is -0.137. The fraction of sp³-hybridized carbons (Fsp3) is 0.667. The predicted molar refractivity (Wildman–Crippen MR) is 35.1 cm³/mol. The summed E-state index contributed by atoms with van der Waals surface area (Å²) in [6.45, 7) is 1.50. The first kappa shape index (κ1) is 9.10. The normalized spacial score (nSPS) is 12.3. The fourth-order valence-electron chi connectivity index (χ4n) is 0.455. The number of imide groups is 1. The summed E-state index contributed by atoms with van der Waals surface area (Å²) in [5.41, 5.74) is 0. The first-order valence-corrected chi connectivity index (χ1v) is 2.97. The highest BCUT2D eigenvalue weighted by atomic mass is 16.3. The summed E-state index contributed by atoms with van der Waals surface area (Å²) in [7, 11) is 1.36. The van der Waals surface area contributed by atoms with Gasteiger partial charge in [-0.2, -0.15) is 0 Å². The molecular formula is C6H11NO3. The number of aliphatic hydroxyl groups is 1. The van der Waals surface area contributed by atoms with E-state index in [0.717, 1.165) is 4.90 Å². The van der Waals surface area contributed by atoms with Gasteiger partial charge in [0, 0.05) is 7.05 Å². The van der Waals surface area contributed by atoms with E-state index >= 15 is 0 Å². The van der Waals surface area contributed by atoms with Crippen LogP contribution in [0.4, 0.5) is 0 Å². The first-order chi connectivity index (χ1) is 4.57. The van der Waals surface area contributed by atoms with Crippen LogP contribution in [0, 0.1) is 0 Å². The van der Waals surface area contributed by atoms with E-state index in [1.165, 1.54) is 14.0 Å². The zero-order valence-corrected chi connectivity index (χ0v) is 6.07. The monoisotopic (exact) mass is 145 g/mol. The highest BCUT2D eigenvalue weighted by Gasteiger charge is 2.09. The molecule has 0 fully saturated rings. The number of nitrogens with zero attached hydrogens (tertiary/aromatic N) is 1. The maximum Gasteiger partial charge on any atom is 0.231 e. The summed E-state index contributed by atoms with van der Waals surface area (Å²) in [4.78, 5) is 21.6. The van der Waals surface area contributed by atoms with E-state index in [1.807, 2.05) is 0 Å². The van der Waals surface area contributed by atoms with Crippen LogP contribution in [0.15, 0.2) is 0 Å². The molecule has 1 N–H and O–H groups in total. The van der Waals surface area contributed by atoms with E-state index in [9.17, 15) is 9.59 Å². The molecule has 0 bridgehead atoms. The van der Waals surface area contributed by atoms with Gasteiger partial charge in [-0.15, -0.1) is 0 Å². The Bertz CT molecular complexity index is 133. The number of aliphatic hydroxyl groups excluding tert-OH is 1. The average Bonchev–Trinajstić information content (AvgIpc) is 1.85. The van der Waals surface area contributed by atoms with Crippen LogP contribution in [0.2, 0.25) is 0 Å². The minimum absolute atomic E-state index is 0.00472. The van der Waals surface area contributed by atoms with Crippen LogP contribution >= 0.6 is 0 Å².